The third-order valence-electron chi connectivity index (χ3n) is 3.58. The molecule has 1 aliphatic rings. The molecule has 0 saturated heterocycles. The van der Waals surface area contributed by atoms with Crippen molar-refractivity contribution in [1.82, 2.24) is 5.32 Å². The number of rotatable bonds is 3. The van der Waals surface area contributed by atoms with Crippen LogP contribution in [0.1, 0.15) is 29.9 Å². The topological polar surface area (TPSA) is 32.3 Å². The molecule has 1 N–H and O–H groups in total. The number of fused-ring (bicyclic) bond motifs is 1. The number of aryl methyl sites for hydroxylation is 1. The van der Waals surface area contributed by atoms with Crippen LogP contribution in [0.15, 0.2) is 18.2 Å². The quantitative estimate of drug-likeness (QED) is 0.865. The summed E-state index contributed by atoms with van der Waals surface area (Å²) in [4.78, 5) is 13.8. The lowest BCUT2D eigenvalue weighted by Gasteiger charge is -2.33. The molecule has 1 aliphatic heterocycles. The van der Waals surface area contributed by atoms with E-state index >= 15 is 0 Å². The molecule has 1 amide bonds. The lowest BCUT2D eigenvalue weighted by atomic mass is 9.86. The SMILES string of the molecule is CNCCC1CC(=O)N(C)c2c(C)cccc21. The Hall–Kier alpha value is -1.35. The number of para-hydroxylation sites is 1. The van der Waals surface area contributed by atoms with Gasteiger partial charge in [-0.1, -0.05) is 18.2 Å². The fourth-order valence-electron chi connectivity index (χ4n) is 2.63. The number of hydrogen-bond acceptors (Lipinski definition) is 2. The number of amides is 1. The van der Waals surface area contributed by atoms with Gasteiger partial charge in [-0.2, -0.15) is 0 Å². The van der Waals surface area contributed by atoms with Gasteiger partial charge in [-0.05, 0) is 44.0 Å². The molecule has 17 heavy (non-hydrogen) atoms. The first-order valence-corrected chi connectivity index (χ1v) is 6.15. The molecule has 2 rings (SSSR count). The van der Waals surface area contributed by atoms with Crippen molar-refractivity contribution < 1.29 is 4.79 Å². The predicted octanol–water partition coefficient (Wildman–Crippen LogP) is 2.05. The fraction of sp³-hybridized carbons (Fsp3) is 0.500. The summed E-state index contributed by atoms with van der Waals surface area (Å²) in [6, 6.07) is 6.32. The molecular weight excluding hydrogens is 212 g/mol. The Balaban J connectivity index is 2.38. The van der Waals surface area contributed by atoms with Crippen molar-refractivity contribution in [2.45, 2.75) is 25.7 Å². The van der Waals surface area contributed by atoms with Crippen LogP contribution in [0.4, 0.5) is 5.69 Å². The van der Waals surface area contributed by atoms with Gasteiger partial charge >= 0.3 is 0 Å². The predicted molar refractivity (Wildman–Crippen MR) is 70.5 cm³/mol. The van der Waals surface area contributed by atoms with E-state index in [2.05, 4.69) is 30.4 Å². The van der Waals surface area contributed by atoms with Crippen LogP contribution in [-0.2, 0) is 4.79 Å². The third-order valence-corrected chi connectivity index (χ3v) is 3.58. The van der Waals surface area contributed by atoms with Crippen LogP contribution in [0.25, 0.3) is 0 Å². The summed E-state index contributed by atoms with van der Waals surface area (Å²) >= 11 is 0. The standard InChI is InChI=1S/C14H20N2O/c1-10-5-4-6-12-11(7-8-15-2)9-13(17)16(3)14(10)12/h4-6,11,15H,7-9H2,1-3H3. The van der Waals surface area contributed by atoms with Gasteiger partial charge in [-0.15, -0.1) is 0 Å². The molecule has 1 heterocycles. The van der Waals surface area contributed by atoms with Crippen LogP contribution >= 0.6 is 0 Å². The second-order valence-corrected chi connectivity index (χ2v) is 4.76. The maximum atomic E-state index is 12.0. The Morgan fingerprint density at radius 2 is 2.24 bits per heavy atom. The smallest absolute Gasteiger partial charge is 0.227 e. The second-order valence-electron chi connectivity index (χ2n) is 4.76. The Bertz CT molecular complexity index is 428. The van der Waals surface area contributed by atoms with Gasteiger partial charge in [0.2, 0.25) is 5.91 Å². The van der Waals surface area contributed by atoms with Crippen LogP contribution in [0.5, 0.6) is 0 Å². The van der Waals surface area contributed by atoms with E-state index in [4.69, 9.17) is 0 Å². The maximum absolute atomic E-state index is 12.0. The van der Waals surface area contributed by atoms with Gasteiger partial charge in [0, 0.05) is 19.2 Å². The molecule has 0 bridgehead atoms. The van der Waals surface area contributed by atoms with Crippen LogP contribution in [-0.4, -0.2) is 26.5 Å². The lowest BCUT2D eigenvalue weighted by molar-refractivity contribution is -0.119. The first-order valence-electron chi connectivity index (χ1n) is 6.15. The maximum Gasteiger partial charge on any atom is 0.227 e. The summed E-state index contributed by atoms with van der Waals surface area (Å²) < 4.78 is 0. The van der Waals surface area contributed by atoms with Crippen molar-refractivity contribution in [1.29, 1.82) is 0 Å². The molecule has 1 atom stereocenters. The van der Waals surface area contributed by atoms with Gasteiger partial charge in [0.1, 0.15) is 0 Å². The molecule has 1 aromatic carbocycles. The van der Waals surface area contributed by atoms with Crippen LogP contribution < -0.4 is 10.2 Å². The van der Waals surface area contributed by atoms with Gasteiger partial charge in [0.25, 0.3) is 0 Å². The highest BCUT2D eigenvalue weighted by atomic mass is 16.2. The average molecular weight is 232 g/mol. The van der Waals surface area contributed by atoms with Crippen LogP contribution in [0.2, 0.25) is 0 Å². The zero-order chi connectivity index (χ0) is 12.4. The lowest BCUT2D eigenvalue weighted by Crippen LogP contribution is -2.34. The number of anilines is 1. The summed E-state index contributed by atoms with van der Waals surface area (Å²) in [5.74, 6) is 0.592. The highest BCUT2D eigenvalue weighted by Gasteiger charge is 2.29. The molecule has 3 nitrogen and oxygen atoms in total. The van der Waals surface area contributed by atoms with E-state index in [1.54, 1.807) is 4.90 Å². The molecule has 0 saturated carbocycles. The Morgan fingerprint density at radius 1 is 1.47 bits per heavy atom. The van der Waals surface area contributed by atoms with Gasteiger partial charge in [0.05, 0.1) is 0 Å². The Morgan fingerprint density at radius 3 is 2.94 bits per heavy atom. The van der Waals surface area contributed by atoms with Crippen molar-refractivity contribution in [3.05, 3.63) is 29.3 Å². The molecule has 1 unspecified atom stereocenters. The Labute approximate surface area is 103 Å². The first-order chi connectivity index (χ1) is 8.15. The second kappa shape index (κ2) is 4.88. The zero-order valence-corrected chi connectivity index (χ0v) is 10.8. The van der Waals surface area contributed by atoms with E-state index in [-0.39, 0.29) is 5.91 Å². The van der Waals surface area contributed by atoms with Crippen LogP contribution in [0.3, 0.4) is 0 Å². The molecule has 0 aromatic heterocycles. The minimum atomic E-state index is 0.230. The summed E-state index contributed by atoms with van der Waals surface area (Å²) in [5.41, 5.74) is 3.62. The van der Waals surface area contributed by atoms with Gasteiger partial charge in [-0.3, -0.25) is 4.79 Å². The number of hydrogen-bond donors (Lipinski definition) is 1. The summed E-state index contributed by atoms with van der Waals surface area (Å²) in [6.07, 6.45) is 1.65. The van der Waals surface area contributed by atoms with Crippen molar-refractivity contribution in [2.24, 2.45) is 0 Å². The molecule has 0 radical (unpaired) electrons. The first kappa shape index (κ1) is 12.1. The van der Waals surface area contributed by atoms with E-state index < -0.39 is 0 Å². The average Bonchev–Trinajstić information content (AvgIpc) is 2.32. The molecule has 0 aliphatic carbocycles. The van der Waals surface area contributed by atoms with Gasteiger partial charge < -0.3 is 10.2 Å². The molecule has 0 fully saturated rings. The third kappa shape index (κ3) is 2.20. The number of nitrogens with zero attached hydrogens (tertiary/aromatic N) is 1. The molecular formula is C14H20N2O. The van der Waals surface area contributed by atoms with Gasteiger partial charge in [-0.25, -0.2) is 0 Å². The van der Waals surface area contributed by atoms with Crippen molar-refractivity contribution in [3.8, 4) is 0 Å². The summed E-state index contributed by atoms with van der Waals surface area (Å²) in [7, 11) is 3.83. The fourth-order valence-corrected chi connectivity index (χ4v) is 2.63. The zero-order valence-electron chi connectivity index (χ0n) is 10.8. The van der Waals surface area contributed by atoms with E-state index in [0.717, 1.165) is 18.7 Å². The van der Waals surface area contributed by atoms with E-state index in [1.807, 2.05) is 14.1 Å². The molecule has 3 heteroatoms. The van der Waals surface area contributed by atoms with E-state index in [9.17, 15) is 4.79 Å². The monoisotopic (exact) mass is 232 g/mol. The summed E-state index contributed by atoms with van der Waals surface area (Å²) in [5, 5.41) is 3.16. The van der Waals surface area contributed by atoms with E-state index in [0.29, 0.717) is 12.3 Å². The van der Waals surface area contributed by atoms with Crippen molar-refractivity contribution >= 4 is 11.6 Å². The summed E-state index contributed by atoms with van der Waals surface area (Å²) in [6.45, 7) is 3.03. The number of benzene rings is 1. The number of nitrogens with one attached hydrogen (secondary N) is 1. The molecule has 92 valence electrons. The minimum Gasteiger partial charge on any atom is -0.320 e. The van der Waals surface area contributed by atoms with E-state index in [1.165, 1.54) is 11.1 Å². The van der Waals surface area contributed by atoms with Crippen molar-refractivity contribution in [3.63, 3.8) is 0 Å². The number of carbonyl (C=O) groups is 1. The Kier molecular flexibility index (Phi) is 3.48. The number of carbonyl (C=O) groups excluding carboxylic acids is 1. The van der Waals surface area contributed by atoms with Crippen molar-refractivity contribution in [2.75, 3.05) is 25.5 Å². The van der Waals surface area contributed by atoms with Crippen LogP contribution in [0, 0.1) is 6.92 Å². The highest BCUT2D eigenvalue weighted by molar-refractivity contribution is 5.97. The molecule has 1 aromatic rings. The largest absolute Gasteiger partial charge is 0.320 e. The highest BCUT2D eigenvalue weighted by Crippen LogP contribution is 2.38. The van der Waals surface area contributed by atoms with Gasteiger partial charge in [0.15, 0.2) is 0 Å². The minimum absolute atomic E-state index is 0.230. The molecule has 0 spiro atoms. The normalized spacial score (nSPS) is 19.4.